The second-order valence-electron chi connectivity index (χ2n) is 10.4. The summed E-state index contributed by atoms with van der Waals surface area (Å²) in [4.78, 5) is 44.7. The highest BCUT2D eigenvalue weighted by molar-refractivity contribution is 5.95. The minimum atomic E-state index is -0.765. The molecule has 3 heterocycles. The number of hydrogen-bond acceptors (Lipinski definition) is 8. The maximum atomic E-state index is 13.3. The Morgan fingerprint density at radius 1 is 1.31 bits per heavy atom. The number of nitrogens with two attached hydrogens (primary N) is 1. The van der Waals surface area contributed by atoms with Gasteiger partial charge in [0.25, 0.3) is 5.91 Å². The number of aliphatic hydroxyl groups is 1. The summed E-state index contributed by atoms with van der Waals surface area (Å²) in [6.07, 6.45) is 10.0. The predicted molar refractivity (Wildman–Crippen MR) is 146 cm³/mol. The lowest BCUT2D eigenvalue weighted by molar-refractivity contribution is -0.158. The summed E-state index contributed by atoms with van der Waals surface area (Å²) in [6, 6.07) is -0.752. The lowest BCUT2D eigenvalue weighted by atomic mass is 9.92. The van der Waals surface area contributed by atoms with Gasteiger partial charge >= 0.3 is 5.97 Å². The lowest BCUT2D eigenvalue weighted by Crippen LogP contribution is -2.45. The summed E-state index contributed by atoms with van der Waals surface area (Å²) in [5, 5.41) is 13.2. The van der Waals surface area contributed by atoms with Gasteiger partial charge < -0.3 is 30.2 Å². The molecule has 3 rings (SSSR count). The number of ether oxygens (including phenoxy) is 1. The molecule has 2 aliphatic rings. The van der Waals surface area contributed by atoms with Crippen LogP contribution in [-0.4, -0.2) is 70.7 Å². The van der Waals surface area contributed by atoms with Crippen molar-refractivity contribution in [1.82, 2.24) is 15.2 Å². The van der Waals surface area contributed by atoms with E-state index in [1.165, 1.54) is 17.2 Å². The van der Waals surface area contributed by atoms with Gasteiger partial charge in [-0.3, -0.25) is 9.59 Å². The number of cyclic esters (lactones) is 1. The number of nitrogens with one attached hydrogen (secondary N) is 1. The summed E-state index contributed by atoms with van der Waals surface area (Å²) in [7, 11) is 0. The molecule has 0 saturated carbocycles. The highest BCUT2D eigenvalue weighted by Crippen LogP contribution is 2.25. The van der Waals surface area contributed by atoms with Gasteiger partial charge in [0, 0.05) is 31.3 Å². The summed E-state index contributed by atoms with van der Waals surface area (Å²) >= 11 is 0. The number of aliphatic hydroxyl groups excluding tert-OH is 1. The molecule has 1 aromatic rings. The Bertz CT molecular complexity index is 1140. The van der Waals surface area contributed by atoms with E-state index in [-0.39, 0.29) is 36.4 Å². The van der Waals surface area contributed by atoms with E-state index in [1.54, 1.807) is 18.2 Å². The Morgan fingerprint density at radius 2 is 2.08 bits per heavy atom. The topological polar surface area (TPSA) is 148 Å². The van der Waals surface area contributed by atoms with Gasteiger partial charge in [0.1, 0.15) is 18.4 Å². The summed E-state index contributed by atoms with van der Waals surface area (Å²) in [5.41, 5.74) is 7.52. The van der Waals surface area contributed by atoms with E-state index in [0.717, 1.165) is 5.57 Å². The average Bonchev–Trinajstić information content (AvgIpc) is 3.57. The number of allylic oxidation sites excluding steroid dienone is 2. The van der Waals surface area contributed by atoms with Gasteiger partial charge in [0.05, 0.1) is 6.10 Å². The summed E-state index contributed by atoms with van der Waals surface area (Å²) in [5.74, 6) is -1.36. The standard InChI is InChI=1S/C29H40N4O6/c1-18-7-5-11-31-25(35)10-9-20(3)27(21(4)16-30)39-29(37)24-8-6-12-33(24)28(36)23-17-38-26(32-23)15-19(2)14-22(34)13-18/h5,7,9-10,13,17,20-22,24,27,34H,2,6,8,11-12,14-16,30H2,1,3-4H3,(H,31,35)/b7-5+,10-9+,18-13+/t20-,21-,22-,24-,27+/m1/s1. The van der Waals surface area contributed by atoms with E-state index in [0.29, 0.717) is 43.8 Å². The molecular formula is C29H40N4O6. The van der Waals surface area contributed by atoms with Gasteiger partial charge in [-0.15, -0.1) is 0 Å². The normalized spacial score (nSPS) is 30.0. The monoisotopic (exact) mass is 540 g/mol. The van der Waals surface area contributed by atoms with Gasteiger partial charge in [-0.25, -0.2) is 9.78 Å². The number of oxazole rings is 1. The fourth-order valence-electron chi connectivity index (χ4n) is 4.79. The molecule has 0 aliphatic carbocycles. The first-order chi connectivity index (χ1) is 18.6. The van der Waals surface area contributed by atoms with E-state index >= 15 is 0 Å². The first kappa shape index (κ1) is 30.0. The van der Waals surface area contributed by atoms with Crippen molar-refractivity contribution in [2.75, 3.05) is 19.6 Å². The molecule has 1 fully saturated rings. The minimum Gasteiger partial charge on any atom is -0.460 e. The molecule has 0 radical (unpaired) electrons. The fraction of sp³-hybridized carbons (Fsp3) is 0.517. The van der Waals surface area contributed by atoms with Gasteiger partial charge in [-0.2, -0.15) is 0 Å². The molecule has 0 spiro atoms. The lowest BCUT2D eigenvalue weighted by Gasteiger charge is -2.30. The van der Waals surface area contributed by atoms with Crippen molar-refractivity contribution in [3.63, 3.8) is 0 Å². The van der Waals surface area contributed by atoms with Crippen LogP contribution in [0.1, 0.15) is 56.4 Å². The third kappa shape index (κ3) is 8.49. The quantitative estimate of drug-likeness (QED) is 0.383. The molecule has 39 heavy (non-hydrogen) atoms. The largest absolute Gasteiger partial charge is 0.460 e. The van der Waals surface area contributed by atoms with Crippen LogP contribution in [0.2, 0.25) is 0 Å². The van der Waals surface area contributed by atoms with Crippen LogP contribution in [-0.2, 0) is 20.7 Å². The molecule has 0 aromatic carbocycles. The summed E-state index contributed by atoms with van der Waals surface area (Å²) < 4.78 is 11.4. The Labute approximate surface area is 229 Å². The van der Waals surface area contributed by atoms with Crippen molar-refractivity contribution >= 4 is 17.8 Å². The van der Waals surface area contributed by atoms with Crippen LogP contribution in [0.5, 0.6) is 0 Å². The van der Waals surface area contributed by atoms with E-state index in [2.05, 4.69) is 16.9 Å². The number of rotatable bonds is 2. The molecular weight excluding hydrogens is 500 g/mol. The number of nitrogens with zero attached hydrogens (tertiary/aromatic N) is 2. The van der Waals surface area contributed by atoms with Crippen LogP contribution in [0.4, 0.5) is 0 Å². The molecule has 10 heteroatoms. The minimum absolute atomic E-state index is 0.103. The highest BCUT2D eigenvalue weighted by Gasteiger charge is 2.39. The van der Waals surface area contributed by atoms with Gasteiger partial charge in [-0.1, -0.05) is 55.9 Å². The molecule has 2 amide bonds. The van der Waals surface area contributed by atoms with Crippen molar-refractivity contribution in [1.29, 1.82) is 0 Å². The van der Waals surface area contributed by atoms with Gasteiger partial charge in [0.2, 0.25) is 5.91 Å². The van der Waals surface area contributed by atoms with Crippen molar-refractivity contribution in [3.8, 4) is 0 Å². The first-order valence-corrected chi connectivity index (χ1v) is 13.4. The van der Waals surface area contributed by atoms with Crippen LogP contribution >= 0.6 is 0 Å². The van der Waals surface area contributed by atoms with Gasteiger partial charge in [0.15, 0.2) is 11.6 Å². The number of amides is 2. The Balaban J connectivity index is 1.87. The number of fused-ring (bicyclic) bond motifs is 3. The van der Waals surface area contributed by atoms with E-state index < -0.39 is 30.1 Å². The second kappa shape index (κ2) is 14.0. The zero-order chi connectivity index (χ0) is 28.5. The predicted octanol–water partition coefficient (Wildman–Crippen LogP) is 2.46. The number of esters is 1. The maximum Gasteiger partial charge on any atom is 0.329 e. The van der Waals surface area contributed by atoms with E-state index in [1.807, 2.05) is 26.8 Å². The Hall–Kier alpha value is -3.50. The van der Waals surface area contributed by atoms with Crippen molar-refractivity contribution < 1.29 is 28.6 Å². The fourth-order valence-corrected chi connectivity index (χ4v) is 4.79. The zero-order valence-electron chi connectivity index (χ0n) is 23.0. The number of carbonyl (C=O) groups is 3. The van der Waals surface area contributed by atoms with Crippen molar-refractivity contribution in [2.24, 2.45) is 17.6 Å². The number of aromatic nitrogens is 1. The second-order valence-corrected chi connectivity index (χ2v) is 10.4. The van der Waals surface area contributed by atoms with Crippen LogP contribution < -0.4 is 11.1 Å². The molecule has 1 aromatic heterocycles. The molecule has 0 unspecified atom stereocenters. The number of hydrogen-bond donors (Lipinski definition) is 3. The van der Waals surface area contributed by atoms with Gasteiger partial charge in [-0.05, 0) is 38.8 Å². The smallest absolute Gasteiger partial charge is 0.329 e. The molecule has 2 aliphatic heterocycles. The van der Waals surface area contributed by atoms with E-state index in [9.17, 15) is 19.5 Å². The number of carbonyl (C=O) groups excluding carboxylic acids is 3. The molecule has 2 bridgehead atoms. The van der Waals surface area contributed by atoms with Crippen LogP contribution in [0.15, 0.2) is 58.8 Å². The molecule has 4 N–H and O–H groups in total. The molecule has 1 saturated heterocycles. The first-order valence-electron chi connectivity index (χ1n) is 13.4. The SMILES string of the molecule is C=C1Cc2nc(co2)C(=O)N2CCC[C@@H]2C(=O)O[C@H]([C@H](C)CN)[C@H](C)/C=C/C(=O)NC/C=C/C(C)=C/[C@@H](O)C1. The third-order valence-corrected chi connectivity index (χ3v) is 6.94. The maximum absolute atomic E-state index is 13.3. The highest BCUT2D eigenvalue weighted by atomic mass is 16.5. The third-order valence-electron chi connectivity index (χ3n) is 6.94. The van der Waals surface area contributed by atoms with Crippen molar-refractivity contribution in [2.45, 2.75) is 64.7 Å². The molecule has 212 valence electrons. The Morgan fingerprint density at radius 3 is 2.82 bits per heavy atom. The molecule has 10 nitrogen and oxygen atoms in total. The zero-order valence-corrected chi connectivity index (χ0v) is 23.0. The Kier molecular flexibility index (Phi) is 10.8. The van der Waals surface area contributed by atoms with E-state index in [4.69, 9.17) is 14.9 Å². The average molecular weight is 541 g/mol. The van der Waals surface area contributed by atoms with Crippen LogP contribution in [0.25, 0.3) is 0 Å². The van der Waals surface area contributed by atoms with Crippen LogP contribution in [0.3, 0.4) is 0 Å². The van der Waals surface area contributed by atoms with Crippen molar-refractivity contribution in [3.05, 3.63) is 66.0 Å². The summed E-state index contributed by atoms with van der Waals surface area (Å²) in [6.45, 7) is 10.6. The van der Waals surface area contributed by atoms with Crippen LogP contribution in [0, 0.1) is 11.8 Å². The molecule has 5 atom stereocenters.